The molecule has 1 aliphatic heterocycles. The normalized spacial score (nSPS) is 20.1. The summed E-state index contributed by atoms with van der Waals surface area (Å²) in [5, 5.41) is 12.7. The zero-order valence-electron chi connectivity index (χ0n) is 9.48. The van der Waals surface area contributed by atoms with Gasteiger partial charge in [0.05, 0.1) is 0 Å². The Morgan fingerprint density at radius 3 is 3.12 bits per heavy atom. The van der Waals surface area contributed by atoms with Crippen molar-refractivity contribution in [3.8, 4) is 5.75 Å². The van der Waals surface area contributed by atoms with E-state index in [4.69, 9.17) is 4.74 Å². The summed E-state index contributed by atoms with van der Waals surface area (Å²) in [4.78, 5) is 0. The molecule has 3 nitrogen and oxygen atoms in total. The van der Waals surface area contributed by atoms with Crippen LogP contribution in [0.4, 0.5) is 0 Å². The van der Waals surface area contributed by atoms with Gasteiger partial charge in [-0.15, -0.1) is 0 Å². The SMILES string of the molecule is Oc1cccc(CNCCC2CCOC2)c1. The average Bonchev–Trinajstić information content (AvgIpc) is 2.77. The molecular weight excluding hydrogens is 202 g/mol. The molecular formula is C13H19NO2. The number of hydrogen-bond acceptors (Lipinski definition) is 3. The van der Waals surface area contributed by atoms with Crippen molar-refractivity contribution in [2.75, 3.05) is 19.8 Å². The summed E-state index contributed by atoms with van der Waals surface area (Å²) < 4.78 is 5.33. The molecule has 0 spiro atoms. The third kappa shape index (κ3) is 3.51. The van der Waals surface area contributed by atoms with Crippen LogP contribution < -0.4 is 5.32 Å². The molecule has 1 aromatic rings. The first-order chi connectivity index (χ1) is 7.84. The van der Waals surface area contributed by atoms with E-state index < -0.39 is 0 Å². The van der Waals surface area contributed by atoms with Gasteiger partial charge in [0.15, 0.2) is 0 Å². The van der Waals surface area contributed by atoms with Gasteiger partial charge in [0.2, 0.25) is 0 Å². The quantitative estimate of drug-likeness (QED) is 0.746. The first-order valence-electron chi connectivity index (χ1n) is 5.91. The first kappa shape index (κ1) is 11.4. The van der Waals surface area contributed by atoms with Crippen molar-refractivity contribution in [1.29, 1.82) is 0 Å². The molecule has 1 unspecified atom stereocenters. The minimum atomic E-state index is 0.337. The summed E-state index contributed by atoms with van der Waals surface area (Å²) in [7, 11) is 0. The molecule has 1 aromatic carbocycles. The molecule has 3 heteroatoms. The predicted octanol–water partition coefficient (Wildman–Crippen LogP) is 1.91. The molecule has 0 amide bonds. The average molecular weight is 221 g/mol. The van der Waals surface area contributed by atoms with E-state index in [1.807, 2.05) is 12.1 Å². The van der Waals surface area contributed by atoms with Crippen LogP contribution in [0, 0.1) is 5.92 Å². The van der Waals surface area contributed by atoms with E-state index in [2.05, 4.69) is 5.32 Å². The molecule has 0 saturated carbocycles. The van der Waals surface area contributed by atoms with Gasteiger partial charge in [0.1, 0.15) is 5.75 Å². The van der Waals surface area contributed by atoms with Gasteiger partial charge in [-0.1, -0.05) is 12.1 Å². The maximum absolute atomic E-state index is 9.30. The van der Waals surface area contributed by atoms with Crippen molar-refractivity contribution in [2.24, 2.45) is 5.92 Å². The third-order valence-electron chi connectivity index (χ3n) is 2.99. The molecule has 1 atom stereocenters. The Labute approximate surface area is 96.4 Å². The van der Waals surface area contributed by atoms with Crippen molar-refractivity contribution in [3.05, 3.63) is 29.8 Å². The van der Waals surface area contributed by atoms with Crippen LogP contribution in [0.25, 0.3) is 0 Å². The highest BCUT2D eigenvalue weighted by molar-refractivity contribution is 5.26. The van der Waals surface area contributed by atoms with Gasteiger partial charge < -0.3 is 15.2 Å². The Hall–Kier alpha value is -1.06. The van der Waals surface area contributed by atoms with E-state index in [1.54, 1.807) is 12.1 Å². The number of ether oxygens (including phenoxy) is 1. The molecule has 0 bridgehead atoms. The van der Waals surface area contributed by atoms with Gasteiger partial charge in [0.25, 0.3) is 0 Å². The van der Waals surface area contributed by atoms with Gasteiger partial charge >= 0.3 is 0 Å². The predicted molar refractivity (Wildman–Crippen MR) is 63.4 cm³/mol. The zero-order valence-corrected chi connectivity index (χ0v) is 9.48. The molecule has 2 N–H and O–H groups in total. The summed E-state index contributed by atoms with van der Waals surface area (Å²) in [6, 6.07) is 7.38. The van der Waals surface area contributed by atoms with Crippen LogP contribution in [0.2, 0.25) is 0 Å². The molecule has 0 aromatic heterocycles. The van der Waals surface area contributed by atoms with Crippen molar-refractivity contribution in [1.82, 2.24) is 5.32 Å². The van der Waals surface area contributed by atoms with E-state index in [1.165, 1.54) is 12.8 Å². The number of aromatic hydroxyl groups is 1. The summed E-state index contributed by atoms with van der Waals surface area (Å²) in [6.07, 6.45) is 2.38. The van der Waals surface area contributed by atoms with Crippen LogP contribution >= 0.6 is 0 Å². The van der Waals surface area contributed by atoms with Gasteiger partial charge in [-0.25, -0.2) is 0 Å². The first-order valence-corrected chi connectivity index (χ1v) is 5.91. The van der Waals surface area contributed by atoms with Crippen LogP contribution in [0.1, 0.15) is 18.4 Å². The molecule has 1 heterocycles. The van der Waals surface area contributed by atoms with Crippen LogP contribution in [-0.2, 0) is 11.3 Å². The maximum Gasteiger partial charge on any atom is 0.115 e. The fraction of sp³-hybridized carbons (Fsp3) is 0.538. The highest BCUT2D eigenvalue weighted by atomic mass is 16.5. The van der Waals surface area contributed by atoms with E-state index in [0.717, 1.165) is 37.8 Å². The Kier molecular flexibility index (Phi) is 4.19. The number of hydrogen-bond donors (Lipinski definition) is 2. The Bertz CT molecular complexity index is 321. The minimum Gasteiger partial charge on any atom is -0.508 e. The number of benzene rings is 1. The number of phenolic OH excluding ortho intramolecular Hbond substituents is 1. The number of rotatable bonds is 5. The fourth-order valence-corrected chi connectivity index (χ4v) is 2.02. The molecule has 16 heavy (non-hydrogen) atoms. The van der Waals surface area contributed by atoms with Crippen molar-refractivity contribution < 1.29 is 9.84 Å². The molecule has 1 saturated heterocycles. The van der Waals surface area contributed by atoms with Gasteiger partial charge in [0, 0.05) is 19.8 Å². The molecule has 0 aliphatic carbocycles. The van der Waals surface area contributed by atoms with Crippen molar-refractivity contribution in [3.63, 3.8) is 0 Å². The molecule has 88 valence electrons. The second kappa shape index (κ2) is 5.87. The second-order valence-corrected chi connectivity index (χ2v) is 4.36. The highest BCUT2D eigenvalue weighted by Gasteiger charge is 2.14. The lowest BCUT2D eigenvalue weighted by Gasteiger charge is -2.08. The topological polar surface area (TPSA) is 41.5 Å². The van der Waals surface area contributed by atoms with Crippen LogP contribution in [-0.4, -0.2) is 24.9 Å². The summed E-state index contributed by atoms with van der Waals surface area (Å²) in [5.41, 5.74) is 1.13. The Morgan fingerprint density at radius 1 is 1.44 bits per heavy atom. The van der Waals surface area contributed by atoms with E-state index in [9.17, 15) is 5.11 Å². The summed E-state index contributed by atoms with van der Waals surface area (Å²) in [5.74, 6) is 1.07. The van der Waals surface area contributed by atoms with Crippen LogP contribution in [0.5, 0.6) is 5.75 Å². The lowest BCUT2D eigenvalue weighted by molar-refractivity contribution is 0.184. The van der Waals surface area contributed by atoms with E-state index in [-0.39, 0.29) is 0 Å². The van der Waals surface area contributed by atoms with Crippen LogP contribution in [0.15, 0.2) is 24.3 Å². The Morgan fingerprint density at radius 2 is 2.38 bits per heavy atom. The molecule has 1 fully saturated rings. The third-order valence-corrected chi connectivity index (χ3v) is 2.99. The van der Waals surface area contributed by atoms with E-state index >= 15 is 0 Å². The van der Waals surface area contributed by atoms with Gasteiger partial charge in [-0.05, 0) is 43.0 Å². The smallest absolute Gasteiger partial charge is 0.115 e. The maximum atomic E-state index is 9.30. The van der Waals surface area contributed by atoms with Gasteiger partial charge in [-0.3, -0.25) is 0 Å². The highest BCUT2D eigenvalue weighted by Crippen LogP contribution is 2.15. The van der Waals surface area contributed by atoms with Crippen molar-refractivity contribution in [2.45, 2.75) is 19.4 Å². The molecule has 0 radical (unpaired) electrons. The van der Waals surface area contributed by atoms with Crippen molar-refractivity contribution >= 4 is 0 Å². The minimum absolute atomic E-state index is 0.337. The van der Waals surface area contributed by atoms with Gasteiger partial charge in [-0.2, -0.15) is 0 Å². The zero-order chi connectivity index (χ0) is 11.2. The largest absolute Gasteiger partial charge is 0.508 e. The standard InChI is InChI=1S/C13H19NO2/c15-13-3-1-2-12(8-13)9-14-6-4-11-5-7-16-10-11/h1-3,8,11,14-15H,4-7,9-10H2. The lowest BCUT2D eigenvalue weighted by atomic mass is 10.1. The lowest BCUT2D eigenvalue weighted by Crippen LogP contribution is -2.17. The summed E-state index contributed by atoms with van der Waals surface area (Å²) >= 11 is 0. The summed E-state index contributed by atoms with van der Waals surface area (Å²) in [6.45, 7) is 3.69. The second-order valence-electron chi connectivity index (χ2n) is 4.36. The van der Waals surface area contributed by atoms with Crippen LogP contribution in [0.3, 0.4) is 0 Å². The molecule has 2 rings (SSSR count). The monoisotopic (exact) mass is 221 g/mol. The number of phenols is 1. The number of nitrogens with one attached hydrogen (secondary N) is 1. The fourth-order valence-electron chi connectivity index (χ4n) is 2.02. The molecule has 1 aliphatic rings. The van der Waals surface area contributed by atoms with E-state index in [0.29, 0.717) is 5.75 Å². The Balaban J connectivity index is 1.64.